The van der Waals surface area contributed by atoms with Crippen molar-refractivity contribution in [3.63, 3.8) is 0 Å². The summed E-state index contributed by atoms with van der Waals surface area (Å²) >= 11 is 0. The minimum Gasteiger partial charge on any atom is -0.376 e. The number of amides is 1. The highest BCUT2D eigenvalue weighted by Gasteiger charge is 2.24. The quantitative estimate of drug-likeness (QED) is 0.812. The van der Waals surface area contributed by atoms with Crippen molar-refractivity contribution >= 4 is 5.91 Å². The molecule has 0 unspecified atom stereocenters. The van der Waals surface area contributed by atoms with E-state index < -0.39 is 0 Å². The molecule has 0 bridgehead atoms. The summed E-state index contributed by atoms with van der Waals surface area (Å²) in [6, 6.07) is 0. The predicted octanol–water partition coefficient (Wildman–Crippen LogP) is 2.18. The third-order valence-electron chi connectivity index (χ3n) is 4.47. The van der Waals surface area contributed by atoms with Crippen molar-refractivity contribution in [1.82, 2.24) is 10.2 Å². The molecule has 2 fully saturated rings. The van der Waals surface area contributed by atoms with Gasteiger partial charge in [0.15, 0.2) is 0 Å². The molecule has 0 radical (unpaired) electrons. The zero-order chi connectivity index (χ0) is 14.2. The third-order valence-corrected chi connectivity index (χ3v) is 4.47. The molecular weight excluding hydrogens is 252 g/mol. The van der Waals surface area contributed by atoms with Crippen molar-refractivity contribution < 1.29 is 9.53 Å². The lowest BCUT2D eigenvalue weighted by Crippen LogP contribution is -2.41. The van der Waals surface area contributed by atoms with E-state index in [9.17, 15) is 4.79 Å². The summed E-state index contributed by atoms with van der Waals surface area (Å²) in [4.78, 5) is 14.6. The minimum absolute atomic E-state index is 0.271. The average Bonchev–Trinajstić information content (AvgIpc) is 2.49. The van der Waals surface area contributed by atoms with E-state index in [2.05, 4.69) is 17.1 Å². The standard InChI is InChI=1S/C16H30N2O2/c1-2-10-18(13-15-5-3-4-11-20-15)16(19)12-14-6-8-17-9-7-14/h14-15,17H,2-13H2,1H3/t15-/m0/s1. The highest BCUT2D eigenvalue weighted by molar-refractivity contribution is 5.76. The predicted molar refractivity (Wildman–Crippen MR) is 80.7 cm³/mol. The van der Waals surface area contributed by atoms with E-state index in [0.717, 1.165) is 64.9 Å². The summed E-state index contributed by atoms with van der Waals surface area (Å²) in [5, 5.41) is 3.36. The smallest absolute Gasteiger partial charge is 0.222 e. The Bertz CT molecular complexity index is 284. The van der Waals surface area contributed by atoms with Crippen LogP contribution in [0.15, 0.2) is 0 Å². The van der Waals surface area contributed by atoms with E-state index in [1.807, 2.05) is 0 Å². The van der Waals surface area contributed by atoms with Gasteiger partial charge in [0.25, 0.3) is 0 Å². The Balaban J connectivity index is 1.80. The highest BCUT2D eigenvalue weighted by atomic mass is 16.5. The van der Waals surface area contributed by atoms with Gasteiger partial charge in [-0.05, 0) is 57.5 Å². The van der Waals surface area contributed by atoms with Crippen LogP contribution in [0.5, 0.6) is 0 Å². The number of piperidine rings is 1. The monoisotopic (exact) mass is 282 g/mol. The lowest BCUT2D eigenvalue weighted by Gasteiger charge is -2.31. The lowest BCUT2D eigenvalue weighted by atomic mass is 9.94. The number of nitrogens with zero attached hydrogens (tertiary/aromatic N) is 1. The molecule has 0 aromatic rings. The van der Waals surface area contributed by atoms with E-state index in [1.54, 1.807) is 0 Å². The average molecular weight is 282 g/mol. The van der Waals surface area contributed by atoms with Crippen LogP contribution in [-0.2, 0) is 9.53 Å². The topological polar surface area (TPSA) is 41.6 Å². The molecule has 1 atom stereocenters. The molecule has 4 nitrogen and oxygen atoms in total. The molecule has 2 aliphatic rings. The van der Waals surface area contributed by atoms with Gasteiger partial charge in [0.2, 0.25) is 5.91 Å². The molecule has 0 saturated carbocycles. The molecule has 1 N–H and O–H groups in total. The fraction of sp³-hybridized carbons (Fsp3) is 0.938. The normalized spacial score (nSPS) is 24.6. The van der Waals surface area contributed by atoms with Crippen molar-refractivity contribution in [2.45, 2.75) is 58.0 Å². The lowest BCUT2D eigenvalue weighted by molar-refractivity contribution is -0.135. The first-order chi connectivity index (χ1) is 9.79. The second-order valence-corrected chi connectivity index (χ2v) is 6.23. The van der Waals surface area contributed by atoms with Gasteiger partial charge in [0, 0.05) is 26.1 Å². The number of carbonyl (C=O) groups excluding carboxylic acids is 1. The van der Waals surface area contributed by atoms with Gasteiger partial charge < -0.3 is 15.0 Å². The summed E-state index contributed by atoms with van der Waals surface area (Å²) in [6.45, 7) is 6.83. The van der Waals surface area contributed by atoms with Gasteiger partial charge in [-0.1, -0.05) is 6.92 Å². The van der Waals surface area contributed by atoms with Crippen LogP contribution in [0.4, 0.5) is 0 Å². The first-order valence-electron chi connectivity index (χ1n) is 8.39. The van der Waals surface area contributed by atoms with Crippen LogP contribution in [-0.4, -0.2) is 49.7 Å². The van der Waals surface area contributed by atoms with Crippen LogP contribution in [0, 0.1) is 5.92 Å². The number of nitrogens with one attached hydrogen (secondary N) is 1. The molecule has 2 rings (SSSR count). The van der Waals surface area contributed by atoms with Gasteiger partial charge in [0.1, 0.15) is 0 Å². The maximum Gasteiger partial charge on any atom is 0.222 e. The largest absolute Gasteiger partial charge is 0.376 e. The Hall–Kier alpha value is -0.610. The van der Waals surface area contributed by atoms with E-state index in [1.165, 1.54) is 12.8 Å². The van der Waals surface area contributed by atoms with Gasteiger partial charge in [0.05, 0.1) is 6.10 Å². The fourth-order valence-electron chi connectivity index (χ4n) is 3.25. The zero-order valence-corrected chi connectivity index (χ0v) is 12.9. The fourth-order valence-corrected chi connectivity index (χ4v) is 3.25. The van der Waals surface area contributed by atoms with Crippen LogP contribution >= 0.6 is 0 Å². The van der Waals surface area contributed by atoms with Gasteiger partial charge >= 0.3 is 0 Å². The van der Waals surface area contributed by atoms with E-state index in [0.29, 0.717) is 11.8 Å². The van der Waals surface area contributed by atoms with Crippen molar-refractivity contribution in [2.24, 2.45) is 5.92 Å². The highest BCUT2D eigenvalue weighted by Crippen LogP contribution is 2.19. The third kappa shape index (κ3) is 5.06. The Kier molecular flexibility index (Phi) is 6.80. The summed E-state index contributed by atoms with van der Waals surface area (Å²) in [5.41, 5.74) is 0. The Morgan fingerprint density at radius 2 is 2.05 bits per heavy atom. The zero-order valence-electron chi connectivity index (χ0n) is 12.9. The molecule has 1 amide bonds. The molecule has 0 aromatic heterocycles. The summed E-state index contributed by atoms with van der Waals surface area (Å²) < 4.78 is 5.79. The molecule has 20 heavy (non-hydrogen) atoms. The van der Waals surface area contributed by atoms with Crippen molar-refractivity contribution in [2.75, 3.05) is 32.8 Å². The Labute approximate surface area is 123 Å². The van der Waals surface area contributed by atoms with Crippen LogP contribution in [0.2, 0.25) is 0 Å². The molecule has 0 aliphatic carbocycles. The van der Waals surface area contributed by atoms with Crippen LogP contribution in [0.3, 0.4) is 0 Å². The molecule has 116 valence electrons. The molecular formula is C16H30N2O2. The molecule has 2 aliphatic heterocycles. The minimum atomic E-state index is 0.271. The first kappa shape index (κ1) is 15.8. The van der Waals surface area contributed by atoms with Gasteiger partial charge in [-0.3, -0.25) is 4.79 Å². The van der Waals surface area contributed by atoms with Gasteiger partial charge in [-0.25, -0.2) is 0 Å². The van der Waals surface area contributed by atoms with Crippen molar-refractivity contribution in [3.05, 3.63) is 0 Å². The van der Waals surface area contributed by atoms with Crippen LogP contribution < -0.4 is 5.32 Å². The maximum atomic E-state index is 12.5. The van der Waals surface area contributed by atoms with E-state index in [-0.39, 0.29) is 6.10 Å². The number of rotatable bonds is 6. The Morgan fingerprint density at radius 1 is 1.25 bits per heavy atom. The number of hydrogen-bond acceptors (Lipinski definition) is 3. The van der Waals surface area contributed by atoms with Gasteiger partial charge in [-0.15, -0.1) is 0 Å². The SMILES string of the molecule is CCCN(C[C@@H]1CCCCO1)C(=O)CC1CCNCC1. The van der Waals surface area contributed by atoms with Gasteiger partial charge in [-0.2, -0.15) is 0 Å². The van der Waals surface area contributed by atoms with E-state index in [4.69, 9.17) is 4.74 Å². The van der Waals surface area contributed by atoms with Crippen molar-refractivity contribution in [3.8, 4) is 0 Å². The second kappa shape index (κ2) is 8.63. The second-order valence-electron chi connectivity index (χ2n) is 6.23. The summed E-state index contributed by atoms with van der Waals surface area (Å²) in [7, 11) is 0. The van der Waals surface area contributed by atoms with Crippen LogP contribution in [0.1, 0.15) is 51.9 Å². The van der Waals surface area contributed by atoms with Crippen LogP contribution in [0.25, 0.3) is 0 Å². The van der Waals surface area contributed by atoms with E-state index >= 15 is 0 Å². The number of carbonyl (C=O) groups is 1. The summed E-state index contributed by atoms with van der Waals surface area (Å²) in [6.07, 6.45) is 7.85. The molecule has 0 aromatic carbocycles. The maximum absolute atomic E-state index is 12.5. The first-order valence-corrected chi connectivity index (χ1v) is 8.39. The Morgan fingerprint density at radius 3 is 2.70 bits per heavy atom. The molecule has 2 saturated heterocycles. The number of ether oxygens (including phenoxy) is 1. The molecule has 0 spiro atoms. The molecule has 4 heteroatoms. The summed E-state index contributed by atoms with van der Waals surface area (Å²) in [5.74, 6) is 0.920. The molecule has 2 heterocycles. The number of hydrogen-bond donors (Lipinski definition) is 1. The van der Waals surface area contributed by atoms with Crippen molar-refractivity contribution in [1.29, 1.82) is 0 Å².